The highest BCUT2D eigenvalue weighted by Crippen LogP contribution is 2.16. The first-order valence-corrected chi connectivity index (χ1v) is 5.38. The Morgan fingerprint density at radius 3 is 2.54 bits per heavy atom. The predicted octanol–water partition coefficient (Wildman–Crippen LogP) is 3.53. The Kier molecular flexibility index (Phi) is 6.97. The molecule has 0 heterocycles. The van der Waals surface area contributed by atoms with Crippen molar-refractivity contribution in [3.63, 3.8) is 0 Å². The van der Waals surface area contributed by atoms with Crippen LogP contribution in [-0.2, 0) is 0 Å². The largest absolute Gasteiger partial charge is 0.393 e. The smallest absolute Gasteiger partial charge is 0.0540 e. The van der Waals surface area contributed by atoms with Crippen LogP contribution >= 0.6 is 0 Å². The number of hydrogen-bond acceptors (Lipinski definition) is 1. The van der Waals surface area contributed by atoms with Crippen molar-refractivity contribution >= 4 is 0 Å². The molecule has 0 unspecified atom stereocenters. The molecule has 0 aliphatic carbocycles. The zero-order chi connectivity index (χ0) is 10.3. The average Bonchev–Trinajstić information content (AvgIpc) is 2.03. The van der Waals surface area contributed by atoms with Crippen LogP contribution in [0.15, 0.2) is 12.2 Å². The lowest BCUT2D eigenvalue weighted by atomic mass is 9.95. The van der Waals surface area contributed by atoms with Crippen LogP contribution in [0.25, 0.3) is 0 Å². The molecular formula is C12H24O. The Balaban J connectivity index is 3.39. The van der Waals surface area contributed by atoms with Crippen molar-refractivity contribution in [3.05, 3.63) is 12.2 Å². The fourth-order valence-electron chi connectivity index (χ4n) is 1.50. The van der Waals surface area contributed by atoms with E-state index in [1.165, 1.54) is 18.4 Å². The molecule has 1 nitrogen and oxygen atoms in total. The predicted molar refractivity (Wildman–Crippen MR) is 58.7 cm³/mol. The van der Waals surface area contributed by atoms with E-state index in [4.69, 9.17) is 0 Å². The normalized spacial score (nSPS) is 15.4. The van der Waals surface area contributed by atoms with Gasteiger partial charge in [-0.1, -0.05) is 25.8 Å². The highest BCUT2D eigenvalue weighted by molar-refractivity contribution is 4.87. The van der Waals surface area contributed by atoms with Gasteiger partial charge in [-0.2, -0.15) is 0 Å². The Bertz CT molecular complexity index is 140. The van der Waals surface area contributed by atoms with Gasteiger partial charge in [0.15, 0.2) is 0 Å². The summed E-state index contributed by atoms with van der Waals surface area (Å²) in [5.74, 6) is 0.647. The van der Waals surface area contributed by atoms with E-state index in [0.29, 0.717) is 5.92 Å². The molecule has 0 saturated heterocycles. The highest BCUT2D eigenvalue weighted by atomic mass is 16.3. The number of rotatable bonds is 7. The van der Waals surface area contributed by atoms with Gasteiger partial charge >= 0.3 is 0 Å². The summed E-state index contributed by atoms with van der Waals surface area (Å²) in [5, 5.41) is 9.42. The van der Waals surface area contributed by atoms with Gasteiger partial charge in [0, 0.05) is 0 Å². The maximum atomic E-state index is 9.42. The summed E-state index contributed by atoms with van der Waals surface area (Å²) in [6.07, 6.45) is 5.29. The Morgan fingerprint density at radius 1 is 1.46 bits per heavy atom. The van der Waals surface area contributed by atoms with Crippen molar-refractivity contribution in [2.24, 2.45) is 5.92 Å². The molecule has 0 saturated carbocycles. The number of aliphatic hydroxyl groups excluding tert-OH is 1. The van der Waals surface area contributed by atoms with Gasteiger partial charge in [-0.15, -0.1) is 6.58 Å². The van der Waals surface area contributed by atoms with E-state index >= 15 is 0 Å². The quantitative estimate of drug-likeness (QED) is 0.600. The Morgan fingerprint density at radius 2 is 2.08 bits per heavy atom. The van der Waals surface area contributed by atoms with Gasteiger partial charge in [-0.05, 0) is 38.5 Å². The minimum absolute atomic E-state index is 0.0974. The van der Waals surface area contributed by atoms with Gasteiger partial charge in [0.05, 0.1) is 6.10 Å². The second-order valence-corrected chi connectivity index (χ2v) is 4.25. The molecule has 0 bridgehead atoms. The molecular weight excluding hydrogens is 160 g/mol. The van der Waals surface area contributed by atoms with Crippen molar-refractivity contribution in [1.82, 2.24) is 0 Å². The molecule has 0 spiro atoms. The summed E-state index contributed by atoms with van der Waals surface area (Å²) in [4.78, 5) is 0. The molecule has 0 rings (SSSR count). The summed E-state index contributed by atoms with van der Waals surface area (Å²) in [6.45, 7) is 10.2. The third kappa shape index (κ3) is 8.04. The zero-order valence-corrected chi connectivity index (χ0v) is 9.34. The molecule has 0 aliphatic heterocycles. The van der Waals surface area contributed by atoms with Crippen LogP contribution in [-0.4, -0.2) is 11.2 Å². The SMILES string of the molecule is C=C(C)CCC[C@@H](C)C[C@@H](O)CC. The molecule has 78 valence electrons. The monoisotopic (exact) mass is 184 g/mol. The Labute approximate surface area is 82.9 Å². The lowest BCUT2D eigenvalue weighted by Crippen LogP contribution is -2.10. The van der Waals surface area contributed by atoms with E-state index in [1.54, 1.807) is 0 Å². The minimum Gasteiger partial charge on any atom is -0.393 e. The van der Waals surface area contributed by atoms with Gasteiger partial charge in [-0.25, -0.2) is 0 Å². The lowest BCUT2D eigenvalue weighted by Gasteiger charge is -2.14. The van der Waals surface area contributed by atoms with E-state index in [9.17, 15) is 5.11 Å². The van der Waals surface area contributed by atoms with E-state index in [1.807, 2.05) is 6.92 Å². The maximum absolute atomic E-state index is 9.42. The molecule has 1 N–H and O–H groups in total. The van der Waals surface area contributed by atoms with Crippen molar-refractivity contribution < 1.29 is 5.11 Å². The van der Waals surface area contributed by atoms with Crippen LogP contribution < -0.4 is 0 Å². The van der Waals surface area contributed by atoms with Crippen molar-refractivity contribution in [3.8, 4) is 0 Å². The first kappa shape index (κ1) is 12.7. The summed E-state index contributed by atoms with van der Waals surface area (Å²) >= 11 is 0. The fraction of sp³-hybridized carbons (Fsp3) is 0.833. The third-order valence-electron chi connectivity index (χ3n) is 2.45. The van der Waals surface area contributed by atoms with E-state index in [2.05, 4.69) is 20.4 Å². The molecule has 0 aromatic heterocycles. The van der Waals surface area contributed by atoms with E-state index in [0.717, 1.165) is 19.3 Å². The molecule has 2 atom stereocenters. The average molecular weight is 184 g/mol. The standard InChI is InChI=1S/C12H24O/c1-5-12(13)9-11(4)8-6-7-10(2)3/h11-13H,2,5-9H2,1,3-4H3/t11-,12+/m1/s1. The van der Waals surface area contributed by atoms with Gasteiger partial charge < -0.3 is 5.11 Å². The van der Waals surface area contributed by atoms with E-state index in [-0.39, 0.29) is 6.10 Å². The van der Waals surface area contributed by atoms with Gasteiger partial charge in [0.2, 0.25) is 0 Å². The van der Waals surface area contributed by atoms with Crippen LogP contribution in [0.3, 0.4) is 0 Å². The molecule has 0 fully saturated rings. The molecule has 0 aromatic rings. The molecule has 0 amide bonds. The van der Waals surface area contributed by atoms with Gasteiger partial charge in [0.1, 0.15) is 0 Å². The van der Waals surface area contributed by atoms with Gasteiger partial charge in [0.25, 0.3) is 0 Å². The van der Waals surface area contributed by atoms with Gasteiger partial charge in [-0.3, -0.25) is 0 Å². The summed E-state index contributed by atoms with van der Waals surface area (Å²) in [6, 6.07) is 0. The number of hydrogen-bond donors (Lipinski definition) is 1. The maximum Gasteiger partial charge on any atom is 0.0540 e. The number of allylic oxidation sites excluding steroid dienone is 1. The van der Waals surface area contributed by atoms with E-state index < -0.39 is 0 Å². The van der Waals surface area contributed by atoms with Crippen LogP contribution in [0, 0.1) is 5.92 Å². The minimum atomic E-state index is -0.0974. The first-order chi connectivity index (χ1) is 6.06. The van der Waals surface area contributed by atoms with Crippen molar-refractivity contribution in [2.75, 3.05) is 0 Å². The van der Waals surface area contributed by atoms with Crippen molar-refractivity contribution in [1.29, 1.82) is 0 Å². The third-order valence-corrected chi connectivity index (χ3v) is 2.45. The topological polar surface area (TPSA) is 20.2 Å². The molecule has 0 radical (unpaired) electrons. The lowest BCUT2D eigenvalue weighted by molar-refractivity contribution is 0.139. The Hall–Kier alpha value is -0.300. The fourth-order valence-corrected chi connectivity index (χ4v) is 1.50. The summed E-state index contributed by atoms with van der Waals surface area (Å²) < 4.78 is 0. The van der Waals surface area contributed by atoms with Crippen LogP contribution in [0.5, 0.6) is 0 Å². The molecule has 13 heavy (non-hydrogen) atoms. The number of aliphatic hydroxyl groups is 1. The zero-order valence-electron chi connectivity index (χ0n) is 9.34. The second-order valence-electron chi connectivity index (χ2n) is 4.25. The second kappa shape index (κ2) is 7.14. The molecule has 0 aromatic carbocycles. The summed E-state index contributed by atoms with van der Waals surface area (Å²) in [7, 11) is 0. The highest BCUT2D eigenvalue weighted by Gasteiger charge is 2.07. The molecule has 1 heteroatoms. The summed E-state index contributed by atoms with van der Waals surface area (Å²) in [5.41, 5.74) is 1.27. The van der Waals surface area contributed by atoms with Crippen LogP contribution in [0.2, 0.25) is 0 Å². The van der Waals surface area contributed by atoms with Crippen LogP contribution in [0.1, 0.15) is 52.9 Å². The van der Waals surface area contributed by atoms with Crippen LogP contribution in [0.4, 0.5) is 0 Å². The molecule has 0 aliphatic rings. The first-order valence-electron chi connectivity index (χ1n) is 5.38. The van der Waals surface area contributed by atoms with Crippen molar-refractivity contribution in [2.45, 2.75) is 59.0 Å².